The maximum absolute atomic E-state index is 11.5. The quantitative estimate of drug-likeness (QED) is 0.784. The minimum Gasteiger partial charge on any atom is -0.461 e. The van der Waals surface area contributed by atoms with Crippen LogP contribution in [-0.4, -0.2) is 48.6 Å². The van der Waals surface area contributed by atoms with E-state index in [0.29, 0.717) is 12.3 Å². The first-order valence-corrected chi connectivity index (χ1v) is 8.15. The first kappa shape index (κ1) is 15.3. The fourth-order valence-electron chi connectivity index (χ4n) is 2.52. The SMILES string of the molecule is CCOC(=O)c1csc(NCCN(C)C2CCCC2)n1. The zero-order valence-electron chi connectivity index (χ0n) is 12.2. The first-order valence-electron chi connectivity index (χ1n) is 7.27. The van der Waals surface area contributed by atoms with Crippen LogP contribution in [0, 0.1) is 0 Å². The van der Waals surface area contributed by atoms with E-state index < -0.39 is 0 Å². The van der Waals surface area contributed by atoms with Crippen molar-refractivity contribution in [2.24, 2.45) is 0 Å². The van der Waals surface area contributed by atoms with Crippen molar-refractivity contribution in [1.29, 1.82) is 0 Å². The molecule has 0 radical (unpaired) electrons. The second-order valence-electron chi connectivity index (χ2n) is 5.10. The van der Waals surface area contributed by atoms with Gasteiger partial charge in [-0.1, -0.05) is 12.8 Å². The summed E-state index contributed by atoms with van der Waals surface area (Å²) in [5.74, 6) is -0.347. The summed E-state index contributed by atoms with van der Waals surface area (Å²) in [7, 11) is 2.18. The average Bonchev–Trinajstić information content (AvgIpc) is 3.10. The smallest absolute Gasteiger partial charge is 0.357 e. The average molecular weight is 297 g/mol. The number of rotatable bonds is 7. The topological polar surface area (TPSA) is 54.5 Å². The Morgan fingerprint density at radius 3 is 3.00 bits per heavy atom. The Labute approximate surface area is 124 Å². The standard InChI is InChI=1S/C14H23N3O2S/c1-3-19-13(18)12-10-20-14(16-12)15-8-9-17(2)11-6-4-5-7-11/h10-11H,3-9H2,1-2H3,(H,15,16). The van der Waals surface area contributed by atoms with Crippen molar-refractivity contribution >= 4 is 22.4 Å². The molecule has 112 valence electrons. The lowest BCUT2D eigenvalue weighted by Gasteiger charge is -2.23. The zero-order chi connectivity index (χ0) is 14.4. The van der Waals surface area contributed by atoms with E-state index in [2.05, 4.69) is 22.2 Å². The van der Waals surface area contributed by atoms with Crippen LogP contribution in [0.15, 0.2) is 5.38 Å². The van der Waals surface area contributed by atoms with E-state index in [1.807, 2.05) is 0 Å². The van der Waals surface area contributed by atoms with Crippen molar-refractivity contribution in [2.75, 3.05) is 32.1 Å². The highest BCUT2D eigenvalue weighted by Gasteiger charge is 2.19. The van der Waals surface area contributed by atoms with Gasteiger partial charge in [-0.05, 0) is 26.8 Å². The van der Waals surface area contributed by atoms with Gasteiger partial charge >= 0.3 is 5.97 Å². The van der Waals surface area contributed by atoms with Gasteiger partial charge in [0.1, 0.15) is 0 Å². The summed E-state index contributed by atoms with van der Waals surface area (Å²) >= 11 is 1.45. The van der Waals surface area contributed by atoms with Crippen molar-refractivity contribution in [1.82, 2.24) is 9.88 Å². The molecule has 0 atom stereocenters. The van der Waals surface area contributed by atoms with Crippen LogP contribution in [0.5, 0.6) is 0 Å². The van der Waals surface area contributed by atoms with Gasteiger partial charge in [-0.3, -0.25) is 0 Å². The van der Waals surface area contributed by atoms with Gasteiger partial charge in [0.2, 0.25) is 0 Å². The molecule has 1 aliphatic carbocycles. The predicted molar refractivity (Wildman–Crippen MR) is 81.4 cm³/mol. The normalized spacial score (nSPS) is 15.8. The van der Waals surface area contributed by atoms with E-state index in [1.54, 1.807) is 12.3 Å². The minimum absolute atomic E-state index is 0.347. The zero-order valence-corrected chi connectivity index (χ0v) is 13.0. The van der Waals surface area contributed by atoms with Gasteiger partial charge in [0.25, 0.3) is 0 Å². The Balaban J connectivity index is 1.72. The van der Waals surface area contributed by atoms with E-state index in [9.17, 15) is 4.79 Å². The maximum atomic E-state index is 11.5. The lowest BCUT2D eigenvalue weighted by atomic mass is 10.2. The Bertz CT molecular complexity index is 430. The van der Waals surface area contributed by atoms with Crippen molar-refractivity contribution in [3.05, 3.63) is 11.1 Å². The third kappa shape index (κ3) is 4.18. The summed E-state index contributed by atoms with van der Waals surface area (Å²) < 4.78 is 4.92. The predicted octanol–water partition coefficient (Wildman–Crippen LogP) is 2.61. The van der Waals surface area contributed by atoms with Crippen molar-refractivity contribution < 1.29 is 9.53 Å². The fourth-order valence-corrected chi connectivity index (χ4v) is 3.23. The third-order valence-electron chi connectivity index (χ3n) is 3.68. The highest BCUT2D eigenvalue weighted by molar-refractivity contribution is 7.13. The lowest BCUT2D eigenvalue weighted by molar-refractivity contribution is 0.0520. The molecule has 1 aromatic heterocycles. The molecule has 20 heavy (non-hydrogen) atoms. The Morgan fingerprint density at radius 1 is 1.55 bits per heavy atom. The molecule has 0 amide bonds. The molecule has 1 aromatic rings. The number of hydrogen-bond acceptors (Lipinski definition) is 6. The number of likely N-dealkylation sites (N-methyl/N-ethyl adjacent to an activating group) is 1. The van der Waals surface area contributed by atoms with Crippen LogP contribution in [0.3, 0.4) is 0 Å². The highest BCUT2D eigenvalue weighted by atomic mass is 32.1. The number of ether oxygens (including phenoxy) is 1. The number of esters is 1. The molecule has 6 heteroatoms. The molecule has 0 unspecified atom stereocenters. The molecule has 1 aliphatic rings. The van der Waals surface area contributed by atoms with E-state index in [0.717, 1.165) is 24.3 Å². The molecule has 0 spiro atoms. The molecule has 0 bridgehead atoms. The molecule has 1 fully saturated rings. The summed E-state index contributed by atoms with van der Waals surface area (Å²) in [6.45, 7) is 4.02. The summed E-state index contributed by atoms with van der Waals surface area (Å²) in [5, 5.41) is 5.80. The summed E-state index contributed by atoms with van der Waals surface area (Å²) in [6, 6.07) is 0.739. The molecule has 1 N–H and O–H groups in total. The molecular weight excluding hydrogens is 274 g/mol. The van der Waals surface area contributed by atoms with Crippen molar-refractivity contribution in [2.45, 2.75) is 38.6 Å². The van der Waals surface area contributed by atoms with E-state index in [1.165, 1.54) is 37.0 Å². The van der Waals surface area contributed by atoms with Crippen molar-refractivity contribution in [3.63, 3.8) is 0 Å². The molecule has 1 saturated carbocycles. The van der Waals surface area contributed by atoms with Gasteiger partial charge in [-0.15, -0.1) is 11.3 Å². The largest absolute Gasteiger partial charge is 0.461 e. The second kappa shape index (κ2) is 7.59. The number of nitrogens with one attached hydrogen (secondary N) is 1. The van der Waals surface area contributed by atoms with Crippen molar-refractivity contribution in [3.8, 4) is 0 Å². The number of carbonyl (C=O) groups is 1. The van der Waals surface area contributed by atoms with Crippen LogP contribution >= 0.6 is 11.3 Å². The maximum Gasteiger partial charge on any atom is 0.357 e. The van der Waals surface area contributed by atoms with E-state index >= 15 is 0 Å². The van der Waals surface area contributed by atoms with E-state index in [4.69, 9.17) is 4.74 Å². The van der Waals surface area contributed by atoms with Crippen LogP contribution in [0.2, 0.25) is 0 Å². The molecule has 5 nitrogen and oxygen atoms in total. The third-order valence-corrected chi connectivity index (χ3v) is 4.48. The number of nitrogens with zero attached hydrogens (tertiary/aromatic N) is 2. The van der Waals surface area contributed by atoms with Gasteiger partial charge in [-0.2, -0.15) is 0 Å². The Hall–Kier alpha value is -1.14. The summed E-state index contributed by atoms with van der Waals surface area (Å²) in [4.78, 5) is 18.2. The van der Waals surface area contributed by atoms with Crippen LogP contribution in [-0.2, 0) is 4.74 Å². The van der Waals surface area contributed by atoms with Gasteiger partial charge in [0.15, 0.2) is 10.8 Å². The van der Waals surface area contributed by atoms with Gasteiger partial charge < -0.3 is 15.0 Å². The fraction of sp³-hybridized carbons (Fsp3) is 0.714. The summed E-state index contributed by atoms with van der Waals surface area (Å²) in [6.07, 6.45) is 5.36. The molecule has 0 aromatic carbocycles. The molecule has 0 saturated heterocycles. The van der Waals surface area contributed by atoms with Crippen LogP contribution in [0.4, 0.5) is 5.13 Å². The monoisotopic (exact) mass is 297 g/mol. The molecular formula is C14H23N3O2S. The molecule has 1 heterocycles. The van der Waals surface area contributed by atoms with E-state index in [-0.39, 0.29) is 5.97 Å². The summed E-state index contributed by atoms with van der Waals surface area (Å²) in [5.41, 5.74) is 0.392. The molecule has 2 rings (SSSR count). The van der Waals surface area contributed by atoms with Gasteiger partial charge in [0.05, 0.1) is 6.61 Å². The number of aromatic nitrogens is 1. The Kier molecular flexibility index (Phi) is 5.79. The van der Waals surface area contributed by atoms with Gasteiger partial charge in [0, 0.05) is 24.5 Å². The van der Waals surface area contributed by atoms with Crippen LogP contribution in [0.1, 0.15) is 43.1 Å². The number of anilines is 1. The van der Waals surface area contributed by atoms with Crippen LogP contribution < -0.4 is 5.32 Å². The Morgan fingerprint density at radius 2 is 2.30 bits per heavy atom. The number of thiazole rings is 1. The molecule has 0 aliphatic heterocycles. The second-order valence-corrected chi connectivity index (χ2v) is 5.96. The first-order chi connectivity index (χ1) is 9.70. The number of hydrogen-bond donors (Lipinski definition) is 1. The van der Waals surface area contributed by atoms with Crippen LogP contribution in [0.25, 0.3) is 0 Å². The minimum atomic E-state index is -0.347. The lowest BCUT2D eigenvalue weighted by Crippen LogP contribution is -2.33. The van der Waals surface area contributed by atoms with Gasteiger partial charge in [-0.25, -0.2) is 9.78 Å². The number of carbonyl (C=O) groups excluding carboxylic acids is 1. The highest BCUT2D eigenvalue weighted by Crippen LogP contribution is 2.22.